The van der Waals surface area contributed by atoms with Gasteiger partial charge in [0.25, 0.3) is 0 Å². The van der Waals surface area contributed by atoms with E-state index in [-0.39, 0.29) is 11.8 Å². The van der Waals surface area contributed by atoms with Gasteiger partial charge in [-0.3, -0.25) is 0 Å². The maximum absolute atomic E-state index is 12.4. The predicted molar refractivity (Wildman–Crippen MR) is 65.5 cm³/mol. The van der Waals surface area contributed by atoms with E-state index >= 15 is 0 Å². The topological polar surface area (TPSA) is 35.3 Å². The van der Waals surface area contributed by atoms with Gasteiger partial charge in [-0.2, -0.15) is 18.2 Å². The maximum atomic E-state index is 12.4. The molecule has 102 valence electrons. The Morgan fingerprint density at radius 1 is 0.950 bits per heavy atom. The summed E-state index contributed by atoms with van der Waals surface area (Å²) in [4.78, 5) is 4.07. The van der Waals surface area contributed by atoms with Crippen LogP contribution in [-0.2, 0) is 6.18 Å². The van der Waals surface area contributed by atoms with Crippen molar-refractivity contribution < 1.29 is 22.3 Å². The van der Waals surface area contributed by atoms with E-state index in [1.807, 2.05) is 0 Å². The van der Waals surface area contributed by atoms with Crippen LogP contribution in [0.3, 0.4) is 0 Å². The van der Waals surface area contributed by atoms with Crippen molar-refractivity contribution in [1.82, 2.24) is 4.98 Å². The number of hydrogen-bond donors (Lipinski definition) is 0. The van der Waals surface area contributed by atoms with E-state index in [0.29, 0.717) is 11.1 Å². The Kier molecular flexibility index (Phi) is 2.85. The zero-order valence-corrected chi connectivity index (χ0v) is 10.0. The first-order chi connectivity index (χ1) is 9.52. The molecule has 0 N–H and O–H groups in total. The molecule has 3 nitrogen and oxygen atoms in total. The number of ether oxygens (including phenoxy) is 1. The van der Waals surface area contributed by atoms with Crippen molar-refractivity contribution in [1.29, 1.82) is 0 Å². The lowest BCUT2D eigenvalue weighted by molar-refractivity contribution is -0.137. The van der Waals surface area contributed by atoms with Crippen LogP contribution in [0.15, 0.2) is 52.9 Å². The summed E-state index contributed by atoms with van der Waals surface area (Å²) in [6, 6.07) is 11.4. The third-order valence-electron chi connectivity index (χ3n) is 2.66. The molecule has 2 aromatic carbocycles. The van der Waals surface area contributed by atoms with Gasteiger partial charge in [-0.15, -0.1) is 0 Å². The smallest absolute Gasteiger partial charge is 0.411 e. The van der Waals surface area contributed by atoms with Crippen molar-refractivity contribution in [2.75, 3.05) is 0 Å². The standard InChI is InChI=1S/C14H8F3NO2/c15-14(16,17)9-5-7-10(8-6-9)19-13-18-11-3-1-2-4-12(11)20-13/h1-8H. The molecule has 6 heteroatoms. The van der Waals surface area contributed by atoms with Gasteiger partial charge in [0.1, 0.15) is 11.3 Å². The van der Waals surface area contributed by atoms with E-state index in [1.54, 1.807) is 24.3 Å². The lowest BCUT2D eigenvalue weighted by Crippen LogP contribution is -2.03. The SMILES string of the molecule is FC(F)(F)c1ccc(Oc2nc3ccccc3o2)cc1. The number of rotatable bonds is 2. The van der Waals surface area contributed by atoms with Crippen molar-refractivity contribution in [3.8, 4) is 11.8 Å². The average molecular weight is 279 g/mol. The number of aromatic nitrogens is 1. The Hall–Kier alpha value is -2.50. The van der Waals surface area contributed by atoms with Crippen LogP contribution in [0.5, 0.6) is 11.8 Å². The summed E-state index contributed by atoms with van der Waals surface area (Å²) in [7, 11) is 0. The van der Waals surface area contributed by atoms with Crippen molar-refractivity contribution in [2.24, 2.45) is 0 Å². The number of benzene rings is 2. The van der Waals surface area contributed by atoms with E-state index in [9.17, 15) is 13.2 Å². The van der Waals surface area contributed by atoms with Gasteiger partial charge in [0.2, 0.25) is 0 Å². The second-order valence-corrected chi connectivity index (χ2v) is 4.07. The highest BCUT2D eigenvalue weighted by molar-refractivity contribution is 5.72. The van der Waals surface area contributed by atoms with Gasteiger partial charge < -0.3 is 9.15 Å². The van der Waals surface area contributed by atoms with E-state index in [2.05, 4.69) is 4.98 Å². The highest BCUT2D eigenvalue weighted by atomic mass is 19.4. The third kappa shape index (κ3) is 2.45. The van der Waals surface area contributed by atoms with Crippen molar-refractivity contribution in [3.05, 3.63) is 54.1 Å². The molecule has 0 fully saturated rings. The van der Waals surface area contributed by atoms with Crippen LogP contribution in [-0.4, -0.2) is 4.98 Å². The Morgan fingerprint density at radius 2 is 1.65 bits per heavy atom. The van der Waals surface area contributed by atoms with Crippen LogP contribution in [0.25, 0.3) is 11.1 Å². The summed E-state index contributed by atoms with van der Waals surface area (Å²) >= 11 is 0. The first-order valence-corrected chi connectivity index (χ1v) is 5.73. The number of fused-ring (bicyclic) bond motifs is 1. The fourth-order valence-electron chi connectivity index (χ4n) is 1.71. The zero-order chi connectivity index (χ0) is 14.2. The number of para-hydroxylation sites is 2. The molecule has 3 aromatic rings. The van der Waals surface area contributed by atoms with Crippen molar-refractivity contribution in [3.63, 3.8) is 0 Å². The van der Waals surface area contributed by atoms with Crippen LogP contribution < -0.4 is 4.74 Å². The molecule has 0 bridgehead atoms. The lowest BCUT2D eigenvalue weighted by Gasteiger charge is -2.06. The zero-order valence-electron chi connectivity index (χ0n) is 10.0. The molecule has 0 aliphatic heterocycles. The first-order valence-electron chi connectivity index (χ1n) is 5.73. The molecular weight excluding hydrogens is 271 g/mol. The quantitative estimate of drug-likeness (QED) is 0.685. The molecule has 0 saturated heterocycles. The fourth-order valence-corrected chi connectivity index (χ4v) is 1.71. The molecule has 0 saturated carbocycles. The fraction of sp³-hybridized carbons (Fsp3) is 0.0714. The monoisotopic (exact) mass is 279 g/mol. The molecule has 20 heavy (non-hydrogen) atoms. The highest BCUT2D eigenvalue weighted by Gasteiger charge is 2.30. The highest BCUT2D eigenvalue weighted by Crippen LogP contribution is 2.31. The molecular formula is C14H8F3NO2. The molecule has 1 heterocycles. The molecule has 0 aliphatic carbocycles. The molecule has 0 atom stereocenters. The Balaban J connectivity index is 1.84. The van der Waals surface area contributed by atoms with Crippen LogP contribution in [0, 0.1) is 0 Å². The molecule has 0 unspecified atom stereocenters. The van der Waals surface area contributed by atoms with Gasteiger partial charge in [0.05, 0.1) is 5.56 Å². The molecule has 0 amide bonds. The minimum Gasteiger partial charge on any atom is -0.411 e. The van der Waals surface area contributed by atoms with Crippen LogP contribution in [0.1, 0.15) is 5.56 Å². The number of nitrogens with zero attached hydrogens (tertiary/aromatic N) is 1. The van der Waals surface area contributed by atoms with Crippen LogP contribution >= 0.6 is 0 Å². The van der Waals surface area contributed by atoms with Crippen molar-refractivity contribution >= 4 is 11.1 Å². The summed E-state index contributed by atoms with van der Waals surface area (Å²) in [6.07, 6.45) is -4.37. The Bertz CT molecular complexity index is 699. The van der Waals surface area contributed by atoms with Crippen LogP contribution in [0.2, 0.25) is 0 Å². The van der Waals surface area contributed by atoms with E-state index < -0.39 is 11.7 Å². The Morgan fingerprint density at radius 3 is 2.30 bits per heavy atom. The lowest BCUT2D eigenvalue weighted by atomic mass is 10.2. The summed E-state index contributed by atoms with van der Waals surface area (Å²) in [5.41, 5.74) is 0.436. The third-order valence-corrected chi connectivity index (χ3v) is 2.66. The summed E-state index contributed by atoms with van der Waals surface area (Å²) < 4.78 is 47.8. The number of hydrogen-bond acceptors (Lipinski definition) is 3. The largest absolute Gasteiger partial charge is 0.416 e. The van der Waals surface area contributed by atoms with E-state index in [1.165, 1.54) is 12.1 Å². The number of oxazole rings is 1. The minimum atomic E-state index is -4.36. The van der Waals surface area contributed by atoms with Gasteiger partial charge in [-0.05, 0) is 36.4 Å². The number of alkyl halides is 3. The summed E-state index contributed by atoms with van der Waals surface area (Å²) in [5.74, 6) is 0.226. The van der Waals surface area contributed by atoms with Gasteiger partial charge in [0.15, 0.2) is 5.58 Å². The maximum Gasteiger partial charge on any atom is 0.416 e. The van der Waals surface area contributed by atoms with Gasteiger partial charge in [-0.1, -0.05) is 12.1 Å². The molecule has 3 rings (SSSR count). The summed E-state index contributed by atoms with van der Waals surface area (Å²) in [6.45, 7) is 0. The second-order valence-electron chi connectivity index (χ2n) is 4.07. The van der Waals surface area contributed by atoms with Gasteiger partial charge in [-0.25, -0.2) is 0 Å². The molecule has 0 spiro atoms. The van der Waals surface area contributed by atoms with E-state index in [0.717, 1.165) is 12.1 Å². The molecule has 1 aromatic heterocycles. The molecule has 0 radical (unpaired) electrons. The van der Waals surface area contributed by atoms with Gasteiger partial charge >= 0.3 is 12.3 Å². The summed E-state index contributed by atoms with van der Waals surface area (Å²) in [5, 5.41) is 0. The number of halogens is 3. The molecule has 0 aliphatic rings. The normalized spacial score (nSPS) is 11.8. The second kappa shape index (κ2) is 4.56. The van der Waals surface area contributed by atoms with Crippen LogP contribution in [0.4, 0.5) is 13.2 Å². The average Bonchev–Trinajstić information content (AvgIpc) is 2.80. The Labute approximate surface area is 111 Å². The van der Waals surface area contributed by atoms with Crippen molar-refractivity contribution in [2.45, 2.75) is 6.18 Å². The van der Waals surface area contributed by atoms with Gasteiger partial charge in [0, 0.05) is 0 Å². The first kappa shape index (κ1) is 12.5. The van der Waals surface area contributed by atoms with E-state index in [4.69, 9.17) is 9.15 Å². The minimum absolute atomic E-state index is 0.00837. The predicted octanol–water partition coefficient (Wildman–Crippen LogP) is 4.64.